The first kappa shape index (κ1) is 21.1. The number of hydrogen-bond donors (Lipinski definition) is 1. The van der Waals surface area contributed by atoms with Gasteiger partial charge in [-0.2, -0.15) is 0 Å². The minimum absolute atomic E-state index is 0.323. The summed E-state index contributed by atoms with van der Waals surface area (Å²) >= 11 is 5.96. The second-order valence-corrected chi connectivity index (χ2v) is 8.75. The summed E-state index contributed by atoms with van der Waals surface area (Å²) in [4.78, 5) is 12.5. The molecule has 0 aromatic heterocycles. The molecule has 2 aromatic carbocycles. The number of carbonyl (C=O) groups is 1. The van der Waals surface area contributed by atoms with Gasteiger partial charge >= 0.3 is 0 Å². The molecule has 0 saturated heterocycles. The highest BCUT2D eigenvalue weighted by Crippen LogP contribution is 2.28. The number of methoxy groups -OCH3 is 1. The zero-order valence-corrected chi connectivity index (χ0v) is 17.3. The lowest BCUT2D eigenvalue weighted by molar-refractivity contribution is -0.114. The Morgan fingerprint density at radius 1 is 1.19 bits per heavy atom. The maximum absolute atomic E-state index is 12.5. The molecule has 0 atom stereocenters. The number of rotatable bonds is 7. The number of hydrogen-bond acceptors (Lipinski definition) is 4. The number of halogens is 1. The average Bonchev–Trinajstić information content (AvgIpc) is 2.59. The predicted octanol–water partition coefficient (Wildman–Crippen LogP) is 3.88. The summed E-state index contributed by atoms with van der Waals surface area (Å²) in [6.07, 6.45) is 1.07. The Hall–Kier alpha value is -2.25. The summed E-state index contributed by atoms with van der Waals surface area (Å²) in [7, 11) is -2.18. The first-order chi connectivity index (χ1) is 12.6. The molecule has 0 radical (unpaired) electrons. The summed E-state index contributed by atoms with van der Waals surface area (Å²) in [5.74, 6) is 0.248. The van der Waals surface area contributed by atoms with Crippen molar-refractivity contribution >= 4 is 38.9 Å². The van der Waals surface area contributed by atoms with E-state index in [0.717, 1.165) is 16.1 Å². The van der Waals surface area contributed by atoms with Crippen LogP contribution in [0.2, 0.25) is 5.02 Å². The molecule has 2 aromatic rings. The number of nitrogens with zero attached hydrogens (tertiary/aromatic N) is 1. The van der Waals surface area contributed by atoms with Gasteiger partial charge in [0.2, 0.25) is 15.9 Å². The molecule has 6 nitrogen and oxygen atoms in total. The summed E-state index contributed by atoms with van der Waals surface area (Å²) in [5, 5.41) is 3.08. The van der Waals surface area contributed by atoms with Gasteiger partial charge in [-0.15, -0.1) is 0 Å². The van der Waals surface area contributed by atoms with Crippen molar-refractivity contribution in [3.8, 4) is 5.75 Å². The zero-order chi connectivity index (χ0) is 20.2. The molecule has 27 heavy (non-hydrogen) atoms. The Kier molecular flexibility index (Phi) is 6.73. The van der Waals surface area contributed by atoms with Gasteiger partial charge in [0.05, 0.1) is 24.7 Å². The standard InChI is InChI=1S/C19H23ClN2O4S/c1-13(2)14-5-8-16(9-6-14)22(27(4,24)25)12-19(23)21-17-11-15(20)7-10-18(17)26-3/h5-11,13H,12H2,1-4H3,(H,21,23). The fourth-order valence-electron chi connectivity index (χ4n) is 2.52. The van der Waals surface area contributed by atoms with Gasteiger partial charge < -0.3 is 10.1 Å². The zero-order valence-electron chi connectivity index (χ0n) is 15.7. The summed E-state index contributed by atoms with van der Waals surface area (Å²) < 4.78 is 30.7. The molecule has 0 unspecified atom stereocenters. The molecular weight excluding hydrogens is 388 g/mol. The van der Waals surface area contributed by atoms with Crippen LogP contribution in [0.25, 0.3) is 0 Å². The maximum Gasteiger partial charge on any atom is 0.245 e. The van der Waals surface area contributed by atoms with Gasteiger partial charge in [-0.3, -0.25) is 9.10 Å². The summed E-state index contributed by atoms with van der Waals surface area (Å²) in [6, 6.07) is 11.9. The van der Waals surface area contributed by atoms with E-state index < -0.39 is 15.9 Å². The van der Waals surface area contributed by atoms with Crippen molar-refractivity contribution in [3.63, 3.8) is 0 Å². The molecule has 0 fully saturated rings. The molecular formula is C19H23ClN2O4S. The van der Waals surface area contributed by atoms with Crippen molar-refractivity contribution in [2.75, 3.05) is 29.5 Å². The molecule has 0 heterocycles. The molecule has 0 aliphatic carbocycles. The molecule has 0 spiro atoms. The van der Waals surface area contributed by atoms with Crippen molar-refractivity contribution < 1.29 is 17.9 Å². The highest BCUT2D eigenvalue weighted by molar-refractivity contribution is 7.92. The van der Waals surface area contributed by atoms with Gasteiger partial charge in [0, 0.05) is 5.02 Å². The van der Waals surface area contributed by atoms with E-state index in [2.05, 4.69) is 19.2 Å². The SMILES string of the molecule is COc1ccc(Cl)cc1NC(=O)CN(c1ccc(C(C)C)cc1)S(C)(=O)=O. The Balaban J connectivity index is 2.24. The lowest BCUT2D eigenvalue weighted by atomic mass is 10.0. The van der Waals surface area contributed by atoms with Crippen molar-refractivity contribution in [3.05, 3.63) is 53.1 Å². The Bertz CT molecular complexity index is 912. The van der Waals surface area contributed by atoms with E-state index in [9.17, 15) is 13.2 Å². The van der Waals surface area contributed by atoms with E-state index in [1.165, 1.54) is 7.11 Å². The molecule has 1 amide bonds. The minimum atomic E-state index is -3.65. The van der Waals surface area contributed by atoms with Crippen LogP contribution in [0.1, 0.15) is 25.3 Å². The average molecular weight is 411 g/mol. The van der Waals surface area contributed by atoms with Gasteiger partial charge in [0.1, 0.15) is 12.3 Å². The summed E-state index contributed by atoms with van der Waals surface area (Å²) in [6.45, 7) is 3.74. The first-order valence-electron chi connectivity index (χ1n) is 8.33. The summed E-state index contributed by atoms with van der Waals surface area (Å²) in [5.41, 5.74) is 1.88. The van der Waals surface area contributed by atoms with Crippen LogP contribution in [-0.4, -0.2) is 34.2 Å². The van der Waals surface area contributed by atoms with Crippen LogP contribution < -0.4 is 14.4 Å². The van der Waals surface area contributed by atoms with E-state index >= 15 is 0 Å². The van der Waals surface area contributed by atoms with E-state index in [1.54, 1.807) is 30.3 Å². The molecule has 0 aliphatic heterocycles. The predicted molar refractivity (Wildman–Crippen MR) is 109 cm³/mol. The second-order valence-electron chi connectivity index (χ2n) is 6.41. The highest BCUT2D eigenvalue weighted by Gasteiger charge is 2.21. The molecule has 2 rings (SSSR count). The molecule has 0 saturated carbocycles. The maximum atomic E-state index is 12.5. The fourth-order valence-corrected chi connectivity index (χ4v) is 3.55. The third-order valence-corrected chi connectivity index (χ3v) is 5.35. The third-order valence-electron chi connectivity index (χ3n) is 3.97. The topological polar surface area (TPSA) is 75.7 Å². The van der Waals surface area contributed by atoms with Crippen molar-refractivity contribution in [1.82, 2.24) is 0 Å². The Morgan fingerprint density at radius 3 is 2.33 bits per heavy atom. The van der Waals surface area contributed by atoms with Gasteiger partial charge in [0.25, 0.3) is 0 Å². The van der Waals surface area contributed by atoms with Crippen LogP contribution in [0, 0.1) is 0 Å². The van der Waals surface area contributed by atoms with Crippen LogP contribution in [-0.2, 0) is 14.8 Å². The van der Waals surface area contributed by atoms with Crippen LogP contribution in [0.5, 0.6) is 5.75 Å². The van der Waals surface area contributed by atoms with Crippen molar-refractivity contribution in [2.24, 2.45) is 0 Å². The lowest BCUT2D eigenvalue weighted by Gasteiger charge is -2.22. The van der Waals surface area contributed by atoms with Gasteiger partial charge in [-0.05, 0) is 41.8 Å². The molecule has 1 N–H and O–H groups in total. The van der Waals surface area contributed by atoms with Crippen molar-refractivity contribution in [1.29, 1.82) is 0 Å². The van der Waals surface area contributed by atoms with Crippen molar-refractivity contribution in [2.45, 2.75) is 19.8 Å². The van der Waals surface area contributed by atoms with Crippen LogP contribution in [0.3, 0.4) is 0 Å². The van der Waals surface area contributed by atoms with Crippen LogP contribution in [0.15, 0.2) is 42.5 Å². The van der Waals surface area contributed by atoms with Crippen LogP contribution in [0.4, 0.5) is 11.4 Å². The van der Waals surface area contributed by atoms with Crippen LogP contribution >= 0.6 is 11.6 Å². The Morgan fingerprint density at radius 2 is 1.81 bits per heavy atom. The van der Waals surface area contributed by atoms with E-state index in [1.807, 2.05) is 12.1 Å². The largest absolute Gasteiger partial charge is 0.495 e. The molecule has 0 aliphatic rings. The fraction of sp³-hybridized carbons (Fsp3) is 0.316. The lowest BCUT2D eigenvalue weighted by Crippen LogP contribution is -2.37. The van der Waals surface area contributed by atoms with Gasteiger partial charge in [-0.1, -0.05) is 37.6 Å². The number of carbonyl (C=O) groups excluding carboxylic acids is 1. The first-order valence-corrected chi connectivity index (χ1v) is 10.6. The molecule has 8 heteroatoms. The smallest absolute Gasteiger partial charge is 0.245 e. The quantitative estimate of drug-likeness (QED) is 0.751. The number of nitrogens with one attached hydrogen (secondary N) is 1. The number of ether oxygens (including phenoxy) is 1. The normalized spacial score (nSPS) is 11.3. The molecule has 146 valence electrons. The highest BCUT2D eigenvalue weighted by atomic mass is 35.5. The minimum Gasteiger partial charge on any atom is -0.495 e. The van der Waals surface area contributed by atoms with E-state index in [-0.39, 0.29) is 6.54 Å². The Labute approximate surface area is 165 Å². The third kappa shape index (κ3) is 5.61. The monoisotopic (exact) mass is 410 g/mol. The second kappa shape index (κ2) is 8.63. The van der Waals surface area contributed by atoms with E-state index in [0.29, 0.717) is 28.1 Å². The number of sulfonamides is 1. The number of anilines is 2. The van der Waals surface area contributed by atoms with Gasteiger partial charge in [0.15, 0.2) is 0 Å². The van der Waals surface area contributed by atoms with E-state index in [4.69, 9.17) is 16.3 Å². The number of amides is 1. The number of benzene rings is 2. The van der Waals surface area contributed by atoms with Gasteiger partial charge in [-0.25, -0.2) is 8.42 Å². The molecule has 0 bridgehead atoms.